The quantitative estimate of drug-likeness (QED) is 0.887. The Balaban J connectivity index is 1.98. The Bertz CT molecular complexity index is 589. The lowest BCUT2D eigenvalue weighted by Crippen LogP contribution is -2.14. The van der Waals surface area contributed by atoms with Crippen LogP contribution in [0.1, 0.15) is 36.3 Å². The number of nitrogens with two attached hydrogens (primary N) is 1. The molecule has 0 aliphatic heterocycles. The van der Waals surface area contributed by atoms with Gasteiger partial charge in [0.1, 0.15) is 5.75 Å². The summed E-state index contributed by atoms with van der Waals surface area (Å²) in [5, 5.41) is 9.39. The van der Waals surface area contributed by atoms with Crippen molar-refractivity contribution in [2.24, 2.45) is 5.73 Å². The van der Waals surface area contributed by atoms with Gasteiger partial charge in [-0.1, -0.05) is 30.3 Å². The predicted octanol–water partition coefficient (Wildman–Crippen LogP) is 3.83. The molecule has 0 bridgehead atoms. The van der Waals surface area contributed by atoms with E-state index in [1.165, 1.54) is 36.0 Å². The summed E-state index contributed by atoms with van der Waals surface area (Å²) < 4.78 is 0. The van der Waals surface area contributed by atoms with E-state index in [9.17, 15) is 5.11 Å². The number of fused-ring (bicyclic) bond motifs is 1. The van der Waals surface area contributed by atoms with Crippen molar-refractivity contribution in [1.82, 2.24) is 0 Å². The van der Waals surface area contributed by atoms with E-state index in [0.717, 1.165) is 18.5 Å². The van der Waals surface area contributed by atoms with Crippen LogP contribution in [0, 0.1) is 0 Å². The van der Waals surface area contributed by atoms with Gasteiger partial charge in [0.25, 0.3) is 0 Å². The topological polar surface area (TPSA) is 46.2 Å². The first-order valence-corrected chi connectivity index (χ1v) is 7.40. The first-order chi connectivity index (χ1) is 9.78. The molecule has 1 atom stereocenters. The van der Waals surface area contributed by atoms with Crippen LogP contribution in [-0.4, -0.2) is 11.7 Å². The molecule has 0 radical (unpaired) electrons. The molecule has 0 saturated carbocycles. The Hall–Kier alpha value is -1.80. The number of aromatic hydroxyl groups is 1. The summed E-state index contributed by atoms with van der Waals surface area (Å²) in [5.74, 6) is 0.925. The molecule has 2 nitrogen and oxygen atoms in total. The van der Waals surface area contributed by atoms with E-state index in [-0.39, 0.29) is 0 Å². The van der Waals surface area contributed by atoms with Crippen molar-refractivity contribution in [3.8, 4) is 16.9 Å². The lowest BCUT2D eigenvalue weighted by molar-refractivity contribution is 0.475. The standard InChI is InChI=1S/C18H21NO/c19-11-10-15-3-1-2-14-4-5-16(12-18(14)15)13-6-8-17(20)9-7-13/h4-9,12,15,20H,1-3,10-11,19H2. The van der Waals surface area contributed by atoms with Gasteiger partial charge in [-0.15, -0.1) is 0 Å². The minimum absolute atomic E-state index is 0.313. The van der Waals surface area contributed by atoms with Crippen molar-refractivity contribution < 1.29 is 5.11 Å². The third-order valence-corrected chi connectivity index (χ3v) is 4.30. The summed E-state index contributed by atoms with van der Waals surface area (Å²) in [6.07, 6.45) is 4.79. The maximum atomic E-state index is 9.39. The highest BCUT2D eigenvalue weighted by atomic mass is 16.3. The fraction of sp³-hybridized carbons (Fsp3) is 0.333. The number of phenols is 1. The molecule has 0 amide bonds. The molecule has 2 heteroatoms. The second-order valence-corrected chi connectivity index (χ2v) is 5.63. The Labute approximate surface area is 120 Å². The van der Waals surface area contributed by atoms with Gasteiger partial charge in [0.15, 0.2) is 0 Å². The average Bonchev–Trinajstić information content (AvgIpc) is 2.48. The van der Waals surface area contributed by atoms with Gasteiger partial charge in [-0.2, -0.15) is 0 Å². The first kappa shape index (κ1) is 13.2. The molecule has 0 saturated heterocycles. The van der Waals surface area contributed by atoms with E-state index >= 15 is 0 Å². The third-order valence-electron chi connectivity index (χ3n) is 4.30. The molecule has 1 aliphatic rings. The van der Waals surface area contributed by atoms with Crippen LogP contribution in [0.25, 0.3) is 11.1 Å². The third kappa shape index (κ3) is 2.56. The van der Waals surface area contributed by atoms with Crippen LogP contribution in [0.4, 0.5) is 0 Å². The van der Waals surface area contributed by atoms with Crippen LogP contribution in [0.5, 0.6) is 5.75 Å². The summed E-state index contributed by atoms with van der Waals surface area (Å²) in [6, 6.07) is 14.2. The summed E-state index contributed by atoms with van der Waals surface area (Å²) in [5.41, 5.74) is 11.1. The van der Waals surface area contributed by atoms with Crippen molar-refractivity contribution in [1.29, 1.82) is 0 Å². The van der Waals surface area contributed by atoms with Crippen LogP contribution < -0.4 is 5.73 Å². The fourth-order valence-electron chi connectivity index (χ4n) is 3.23. The molecule has 104 valence electrons. The molecular formula is C18H21NO. The van der Waals surface area contributed by atoms with E-state index in [0.29, 0.717) is 11.7 Å². The molecule has 3 rings (SSSR count). The zero-order valence-corrected chi connectivity index (χ0v) is 11.7. The van der Waals surface area contributed by atoms with Gasteiger partial charge in [-0.05, 0) is 72.5 Å². The molecule has 0 spiro atoms. The van der Waals surface area contributed by atoms with E-state index in [1.54, 1.807) is 12.1 Å². The van der Waals surface area contributed by atoms with Crippen LogP contribution in [0.3, 0.4) is 0 Å². The highest BCUT2D eigenvalue weighted by Gasteiger charge is 2.19. The van der Waals surface area contributed by atoms with E-state index < -0.39 is 0 Å². The molecule has 3 N–H and O–H groups in total. The lowest BCUT2D eigenvalue weighted by atomic mass is 9.80. The zero-order valence-electron chi connectivity index (χ0n) is 11.7. The van der Waals surface area contributed by atoms with Crippen molar-refractivity contribution >= 4 is 0 Å². The van der Waals surface area contributed by atoms with Crippen LogP contribution in [-0.2, 0) is 6.42 Å². The number of phenolic OH excluding ortho intramolecular Hbond substituents is 1. The summed E-state index contributed by atoms with van der Waals surface area (Å²) in [7, 11) is 0. The van der Waals surface area contributed by atoms with Gasteiger partial charge in [0.05, 0.1) is 0 Å². The van der Waals surface area contributed by atoms with Crippen LogP contribution >= 0.6 is 0 Å². The molecule has 0 heterocycles. The maximum absolute atomic E-state index is 9.39. The van der Waals surface area contributed by atoms with E-state index in [1.807, 2.05) is 12.1 Å². The number of hydrogen-bond donors (Lipinski definition) is 2. The van der Waals surface area contributed by atoms with Gasteiger partial charge in [-0.3, -0.25) is 0 Å². The second kappa shape index (κ2) is 5.68. The highest BCUT2D eigenvalue weighted by Crippen LogP contribution is 2.36. The first-order valence-electron chi connectivity index (χ1n) is 7.40. The number of rotatable bonds is 3. The van der Waals surface area contributed by atoms with Gasteiger partial charge < -0.3 is 10.8 Å². The molecule has 2 aromatic carbocycles. The fourth-order valence-corrected chi connectivity index (χ4v) is 3.23. The number of aryl methyl sites for hydroxylation is 1. The largest absolute Gasteiger partial charge is 0.508 e. The molecule has 0 fully saturated rings. The molecule has 0 aromatic heterocycles. The smallest absolute Gasteiger partial charge is 0.115 e. The summed E-state index contributed by atoms with van der Waals surface area (Å²) in [6.45, 7) is 0.757. The molecule has 1 unspecified atom stereocenters. The minimum Gasteiger partial charge on any atom is -0.508 e. The van der Waals surface area contributed by atoms with Crippen molar-refractivity contribution in [3.63, 3.8) is 0 Å². The molecule has 20 heavy (non-hydrogen) atoms. The van der Waals surface area contributed by atoms with Gasteiger partial charge >= 0.3 is 0 Å². The SMILES string of the molecule is NCCC1CCCc2ccc(-c3ccc(O)cc3)cc21. The Morgan fingerprint density at radius 2 is 1.80 bits per heavy atom. The van der Waals surface area contributed by atoms with Crippen LogP contribution in [0.15, 0.2) is 42.5 Å². The maximum Gasteiger partial charge on any atom is 0.115 e. The monoisotopic (exact) mass is 267 g/mol. The highest BCUT2D eigenvalue weighted by molar-refractivity contribution is 5.66. The predicted molar refractivity (Wildman–Crippen MR) is 82.9 cm³/mol. The van der Waals surface area contributed by atoms with Crippen molar-refractivity contribution in [2.45, 2.75) is 31.6 Å². The average molecular weight is 267 g/mol. The Morgan fingerprint density at radius 1 is 1.05 bits per heavy atom. The molecular weight excluding hydrogens is 246 g/mol. The number of hydrogen-bond acceptors (Lipinski definition) is 2. The van der Waals surface area contributed by atoms with Crippen LogP contribution in [0.2, 0.25) is 0 Å². The van der Waals surface area contributed by atoms with Gasteiger partial charge in [0.2, 0.25) is 0 Å². The minimum atomic E-state index is 0.313. The Morgan fingerprint density at radius 3 is 2.55 bits per heavy atom. The van der Waals surface area contributed by atoms with Gasteiger partial charge in [-0.25, -0.2) is 0 Å². The zero-order chi connectivity index (χ0) is 13.9. The van der Waals surface area contributed by atoms with E-state index in [4.69, 9.17) is 5.73 Å². The summed E-state index contributed by atoms with van der Waals surface area (Å²) in [4.78, 5) is 0. The Kier molecular flexibility index (Phi) is 3.75. The lowest BCUT2D eigenvalue weighted by Gasteiger charge is -2.26. The van der Waals surface area contributed by atoms with Crippen molar-refractivity contribution in [3.05, 3.63) is 53.6 Å². The summed E-state index contributed by atoms with van der Waals surface area (Å²) >= 11 is 0. The normalized spacial score (nSPS) is 17.8. The van der Waals surface area contributed by atoms with Crippen molar-refractivity contribution in [2.75, 3.05) is 6.54 Å². The van der Waals surface area contributed by atoms with E-state index in [2.05, 4.69) is 18.2 Å². The van der Waals surface area contributed by atoms with Gasteiger partial charge in [0, 0.05) is 0 Å². The molecule has 2 aromatic rings. The number of benzene rings is 2. The molecule has 1 aliphatic carbocycles. The second-order valence-electron chi connectivity index (χ2n) is 5.63.